The molecule has 148 valence electrons. The fraction of sp³-hybridized carbons (Fsp3) is 0.222. The van der Waals surface area contributed by atoms with Gasteiger partial charge in [0.05, 0.1) is 29.5 Å². The predicted molar refractivity (Wildman–Crippen MR) is 112 cm³/mol. The van der Waals surface area contributed by atoms with Gasteiger partial charge in [0.2, 0.25) is 10.0 Å². The lowest BCUT2D eigenvalue weighted by Gasteiger charge is -2.15. The van der Waals surface area contributed by atoms with Gasteiger partial charge in [0.15, 0.2) is 5.16 Å². The molecule has 2 aromatic carbocycles. The molecule has 3 aromatic rings. The van der Waals surface area contributed by atoms with Crippen LogP contribution in [0.15, 0.2) is 52.4 Å². The zero-order valence-electron chi connectivity index (χ0n) is 15.0. The third-order valence-corrected chi connectivity index (χ3v) is 6.05. The average Bonchev–Trinajstić information content (AvgIpc) is 2.64. The molecule has 0 spiro atoms. The summed E-state index contributed by atoms with van der Waals surface area (Å²) in [6.45, 7) is 0. The molecule has 0 unspecified atom stereocenters. The van der Waals surface area contributed by atoms with Crippen LogP contribution in [0.4, 0.5) is 0 Å². The van der Waals surface area contributed by atoms with Crippen molar-refractivity contribution in [2.24, 2.45) is 5.14 Å². The van der Waals surface area contributed by atoms with Crippen molar-refractivity contribution in [1.82, 2.24) is 9.55 Å². The number of benzene rings is 2. The van der Waals surface area contributed by atoms with Crippen LogP contribution in [0.1, 0.15) is 6.42 Å². The van der Waals surface area contributed by atoms with Crippen LogP contribution in [0.3, 0.4) is 0 Å². The van der Waals surface area contributed by atoms with Crippen LogP contribution in [-0.2, 0) is 10.0 Å². The molecule has 1 heterocycles. The number of thioether (sulfide) groups is 1. The summed E-state index contributed by atoms with van der Waals surface area (Å²) < 4.78 is 29.2. The van der Waals surface area contributed by atoms with Crippen LogP contribution < -0.4 is 15.4 Å². The molecule has 0 amide bonds. The molecule has 0 aliphatic rings. The zero-order valence-corrected chi connectivity index (χ0v) is 17.4. The Morgan fingerprint density at radius 1 is 1.25 bits per heavy atom. The van der Waals surface area contributed by atoms with E-state index in [1.54, 1.807) is 42.5 Å². The number of fused-ring (bicyclic) bond motifs is 1. The first-order valence-corrected chi connectivity index (χ1v) is 11.4. The molecule has 0 atom stereocenters. The highest BCUT2D eigenvalue weighted by molar-refractivity contribution is 7.99. The van der Waals surface area contributed by atoms with E-state index in [0.717, 1.165) is 0 Å². The molecule has 1 aromatic heterocycles. The van der Waals surface area contributed by atoms with Crippen molar-refractivity contribution < 1.29 is 13.2 Å². The van der Waals surface area contributed by atoms with Gasteiger partial charge in [-0.15, -0.1) is 0 Å². The van der Waals surface area contributed by atoms with Crippen molar-refractivity contribution >= 4 is 44.3 Å². The number of hydrogen-bond donors (Lipinski definition) is 1. The molecular formula is C18H18ClN3O4S2. The van der Waals surface area contributed by atoms with Gasteiger partial charge in [0.1, 0.15) is 5.75 Å². The summed E-state index contributed by atoms with van der Waals surface area (Å²) >= 11 is 7.32. The highest BCUT2D eigenvalue weighted by Gasteiger charge is 2.16. The average molecular weight is 440 g/mol. The number of aromatic nitrogens is 2. The third-order valence-electron chi connectivity index (χ3n) is 3.93. The molecule has 0 saturated carbocycles. The molecule has 2 N–H and O–H groups in total. The molecule has 0 aliphatic heterocycles. The number of para-hydroxylation sites is 2. The van der Waals surface area contributed by atoms with Crippen LogP contribution in [-0.4, -0.2) is 36.6 Å². The van der Waals surface area contributed by atoms with Crippen molar-refractivity contribution in [1.29, 1.82) is 0 Å². The van der Waals surface area contributed by atoms with E-state index in [1.807, 2.05) is 0 Å². The smallest absolute Gasteiger partial charge is 0.266 e. The van der Waals surface area contributed by atoms with Gasteiger partial charge in [-0.3, -0.25) is 9.36 Å². The van der Waals surface area contributed by atoms with Crippen molar-refractivity contribution in [3.63, 3.8) is 0 Å². The maximum atomic E-state index is 13.2. The monoisotopic (exact) mass is 439 g/mol. The molecular weight excluding hydrogens is 422 g/mol. The van der Waals surface area contributed by atoms with Gasteiger partial charge in [-0.05, 0) is 36.8 Å². The number of primary sulfonamides is 1. The summed E-state index contributed by atoms with van der Waals surface area (Å²) in [5.74, 6) is 0.800. The molecule has 0 radical (unpaired) electrons. The molecule has 28 heavy (non-hydrogen) atoms. The molecule has 0 fully saturated rings. The lowest BCUT2D eigenvalue weighted by Crippen LogP contribution is -2.22. The summed E-state index contributed by atoms with van der Waals surface area (Å²) in [6.07, 6.45) is 0.332. The van der Waals surface area contributed by atoms with Crippen molar-refractivity contribution in [2.75, 3.05) is 18.6 Å². The van der Waals surface area contributed by atoms with Crippen LogP contribution in [0.25, 0.3) is 16.6 Å². The Bertz CT molecular complexity index is 1180. The largest absolute Gasteiger partial charge is 0.495 e. The third kappa shape index (κ3) is 4.67. The van der Waals surface area contributed by atoms with Crippen LogP contribution in [0.5, 0.6) is 5.75 Å². The second kappa shape index (κ2) is 8.52. The van der Waals surface area contributed by atoms with E-state index in [1.165, 1.54) is 23.4 Å². The van der Waals surface area contributed by atoms with E-state index >= 15 is 0 Å². The van der Waals surface area contributed by atoms with Crippen LogP contribution in [0.2, 0.25) is 5.02 Å². The normalized spacial score (nSPS) is 11.7. The number of hydrogen-bond acceptors (Lipinski definition) is 6. The molecule has 10 heteroatoms. The first-order valence-electron chi connectivity index (χ1n) is 8.29. The Morgan fingerprint density at radius 3 is 2.71 bits per heavy atom. The number of sulfonamides is 1. The van der Waals surface area contributed by atoms with E-state index in [2.05, 4.69) is 4.98 Å². The summed E-state index contributed by atoms with van der Waals surface area (Å²) in [7, 11) is -2.01. The number of ether oxygens (including phenoxy) is 1. The number of nitrogens with zero attached hydrogens (tertiary/aromatic N) is 2. The lowest BCUT2D eigenvalue weighted by molar-refractivity contribution is 0.411. The Morgan fingerprint density at radius 2 is 2.00 bits per heavy atom. The minimum atomic E-state index is -3.54. The topological polar surface area (TPSA) is 104 Å². The van der Waals surface area contributed by atoms with Crippen LogP contribution in [0, 0.1) is 0 Å². The maximum absolute atomic E-state index is 13.2. The molecule has 0 bridgehead atoms. The van der Waals surface area contributed by atoms with E-state index in [0.29, 0.717) is 44.7 Å². The highest BCUT2D eigenvalue weighted by atomic mass is 35.5. The van der Waals surface area contributed by atoms with Gasteiger partial charge < -0.3 is 4.74 Å². The van der Waals surface area contributed by atoms with Crippen LogP contribution >= 0.6 is 23.4 Å². The Hall–Kier alpha value is -2.07. The van der Waals surface area contributed by atoms with Gasteiger partial charge in [-0.2, -0.15) is 0 Å². The Balaban J connectivity index is 2.12. The van der Waals surface area contributed by atoms with Gasteiger partial charge in [-0.25, -0.2) is 18.5 Å². The van der Waals surface area contributed by atoms with Gasteiger partial charge in [0, 0.05) is 10.8 Å². The Labute approximate surface area is 171 Å². The van der Waals surface area contributed by atoms with Gasteiger partial charge in [0.25, 0.3) is 5.56 Å². The maximum Gasteiger partial charge on any atom is 0.266 e. The molecule has 0 aliphatic carbocycles. The zero-order chi connectivity index (χ0) is 20.3. The fourth-order valence-electron chi connectivity index (χ4n) is 2.69. The van der Waals surface area contributed by atoms with Gasteiger partial charge >= 0.3 is 0 Å². The van der Waals surface area contributed by atoms with E-state index in [-0.39, 0.29) is 11.3 Å². The SMILES string of the molecule is COc1ccccc1-n1c(SCCCS(N)(=O)=O)nc2cc(Cl)ccc2c1=O. The highest BCUT2D eigenvalue weighted by Crippen LogP contribution is 2.28. The van der Waals surface area contributed by atoms with E-state index < -0.39 is 10.0 Å². The number of nitrogens with two attached hydrogens (primary N) is 1. The van der Waals surface area contributed by atoms with E-state index in [4.69, 9.17) is 21.5 Å². The summed E-state index contributed by atoms with van der Waals surface area (Å²) in [4.78, 5) is 17.8. The second-order valence-electron chi connectivity index (χ2n) is 5.94. The molecule has 7 nitrogen and oxygen atoms in total. The van der Waals surface area contributed by atoms with Crippen molar-refractivity contribution in [3.05, 3.63) is 57.8 Å². The fourth-order valence-corrected chi connectivity index (χ4v) is 4.53. The number of halogens is 1. The quantitative estimate of drug-likeness (QED) is 0.345. The minimum Gasteiger partial charge on any atom is -0.495 e. The summed E-state index contributed by atoms with van der Waals surface area (Å²) in [5.41, 5.74) is 0.756. The Kier molecular flexibility index (Phi) is 6.29. The second-order valence-corrected chi connectivity index (χ2v) is 9.17. The minimum absolute atomic E-state index is 0.141. The first-order chi connectivity index (χ1) is 13.3. The molecule has 0 saturated heterocycles. The lowest BCUT2D eigenvalue weighted by atomic mass is 10.2. The number of methoxy groups -OCH3 is 1. The standard InChI is InChI=1S/C18H18ClN3O4S2/c1-26-16-6-3-2-5-15(16)22-17(23)13-8-7-12(19)11-14(13)21-18(22)27-9-4-10-28(20,24)25/h2-3,5-8,11H,4,9-10H2,1H3,(H2,20,24,25). The van der Waals surface area contributed by atoms with Gasteiger partial charge in [-0.1, -0.05) is 35.5 Å². The molecule has 3 rings (SSSR count). The summed E-state index contributed by atoms with van der Waals surface area (Å²) in [6, 6.07) is 12.0. The van der Waals surface area contributed by atoms with Crippen molar-refractivity contribution in [3.8, 4) is 11.4 Å². The summed E-state index contributed by atoms with van der Waals surface area (Å²) in [5, 5.41) is 6.36. The van der Waals surface area contributed by atoms with Crippen molar-refractivity contribution in [2.45, 2.75) is 11.6 Å². The number of rotatable bonds is 7. The van der Waals surface area contributed by atoms with E-state index in [9.17, 15) is 13.2 Å². The first kappa shape index (κ1) is 20.7. The predicted octanol–water partition coefficient (Wildman–Crippen LogP) is 2.82.